The fourth-order valence-electron chi connectivity index (χ4n) is 2.78. The van der Waals surface area contributed by atoms with E-state index in [-0.39, 0.29) is 17.8 Å². The summed E-state index contributed by atoms with van der Waals surface area (Å²) in [4.78, 5) is 24.9. The Morgan fingerprint density at radius 2 is 1.68 bits per heavy atom. The van der Waals surface area contributed by atoms with E-state index in [9.17, 15) is 9.18 Å². The van der Waals surface area contributed by atoms with Crippen LogP contribution < -0.4 is 15.1 Å². The molecule has 0 saturated carbocycles. The minimum atomic E-state index is -0.223. The van der Waals surface area contributed by atoms with Gasteiger partial charge in [-0.3, -0.25) is 4.79 Å². The van der Waals surface area contributed by atoms with Gasteiger partial charge < -0.3 is 15.1 Å². The van der Waals surface area contributed by atoms with Crippen molar-refractivity contribution in [1.29, 1.82) is 0 Å². The quantitative estimate of drug-likeness (QED) is 0.921. The first kappa shape index (κ1) is 17.1. The van der Waals surface area contributed by atoms with Crippen LogP contribution in [0, 0.1) is 5.82 Å². The summed E-state index contributed by atoms with van der Waals surface area (Å²) in [5, 5.41) is 2.80. The number of anilines is 2. The molecule has 1 aromatic heterocycles. The van der Waals surface area contributed by atoms with Crippen molar-refractivity contribution in [3.8, 4) is 0 Å². The van der Waals surface area contributed by atoms with Crippen LogP contribution in [0.15, 0.2) is 36.7 Å². The maximum absolute atomic E-state index is 13.0. The number of halogens is 1. The summed E-state index contributed by atoms with van der Waals surface area (Å²) in [6.07, 6.45) is 3.15. The lowest BCUT2D eigenvalue weighted by Gasteiger charge is -2.36. The lowest BCUT2D eigenvalue weighted by molar-refractivity contribution is 0.0937. The standard InChI is InChI=1S/C18H22FN5O/c1-13(2)22-18(25)16-11-21-17(12-20-16)24-9-7-23(8-10-24)15-5-3-14(19)4-6-15/h3-6,11-13H,7-10H2,1-2H3,(H,22,25). The zero-order valence-corrected chi connectivity index (χ0v) is 14.4. The molecule has 1 amide bonds. The Morgan fingerprint density at radius 1 is 1.04 bits per heavy atom. The number of amides is 1. The normalized spacial score (nSPS) is 14.7. The van der Waals surface area contributed by atoms with E-state index < -0.39 is 0 Å². The molecule has 0 spiro atoms. The minimum Gasteiger partial charge on any atom is -0.368 e. The van der Waals surface area contributed by atoms with E-state index in [0.29, 0.717) is 5.69 Å². The molecule has 0 aliphatic carbocycles. The second-order valence-corrected chi connectivity index (χ2v) is 6.34. The summed E-state index contributed by atoms with van der Waals surface area (Å²) in [5.41, 5.74) is 1.34. The average molecular weight is 343 g/mol. The molecule has 1 aliphatic rings. The number of carbonyl (C=O) groups excluding carboxylic acids is 1. The van der Waals surface area contributed by atoms with Gasteiger partial charge >= 0.3 is 0 Å². The fourth-order valence-corrected chi connectivity index (χ4v) is 2.78. The smallest absolute Gasteiger partial charge is 0.271 e. The Morgan fingerprint density at radius 3 is 2.24 bits per heavy atom. The molecule has 1 aliphatic heterocycles. The fraction of sp³-hybridized carbons (Fsp3) is 0.389. The Kier molecular flexibility index (Phi) is 5.11. The van der Waals surface area contributed by atoms with Crippen LogP contribution in [-0.4, -0.2) is 48.1 Å². The molecule has 3 rings (SSSR count). The number of piperazine rings is 1. The van der Waals surface area contributed by atoms with Crippen LogP contribution in [0.2, 0.25) is 0 Å². The molecule has 1 aromatic carbocycles. The van der Waals surface area contributed by atoms with E-state index in [4.69, 9.17) is 0 Å². The van der Waals surface area contributed by atoms with Crippen LogP contribution in [-0.2, 0) is 0 Å². The molecule has 1 fully saturated rings. The van der Waals surface area contributed by atoms with Crippen molar-refractivity contribution >= 4 is 17.4 Å². The molecule has 0 unspecified atom stereocenters. The third-order valence-electron chi connectivity index (χ3n) is 4.09. The average Bonchev–Trinajstić information content (AvgIpc) is 2.62. The van der Waals surface area contributed by atoms with Crippen molar-refractivity contribution in [2.45, 2.75) is 19.9 Å². The molecule has 25 heavy (non-hydrogen) atoms. The molecule has 0 atom stereocenters. The molecular weight excluding hydrogens is 321 g/mol. The van der Waals surface area contributed by atoms with Crippen molar-refractivity contribution in [1.82, 2.24) is 15.3 Å². The zero-order valence-electron chi connectivity index (χ0n) is 14.4. The Bertz CT molecular complexity index is 709. The lowest BCUT2D eigenvalue weighted by Crippen LogP contribution is -2.46. The molecule has 0 bridgehead atoms. The molecular formula is C18H22FN5O. The van der Waals surface area contributed by atoms with E-state index in [2.05, 4.69) is 25.1 Å². The van der Waals surface area contributed by atoms with Gasteiger partial charge in [-0.2, -0.15) is 0 Å². The Balaban J connectivity index is 1.59. The Labute approximate surface area is 146 Å². The second kappa shape index (κ2) is 7.46. The van der Waals surface area contributed by atoms with Crippen LogP contribution in [0.4, 0.5) is 15.9 Å². The second-order valence-electron chi connectivity index (χ2n) is 6.34. The highest BCUT2D eigenvalue weighted by atomic mass is 19.1. The van der Waals surface area contributed by atoms with Gasteiger partial charge in [0.2, 0.25) is 0 Å². The first-order valence-electron chi connectivity index (χ1n) is 8.41. The molecule has 0 radical (unpaired) electrons. The van der Waals surface area contributed by atoms with E-state index in [0.717, 1.165) is 37.7 Å². The summed E-state index contributed by atoms with van der Waals surface area (Å²) in [6.45, 7) is 7.04. The molecule has 7 heteroatoms. The number of nitrogens with one attached hydrogen (secondary N) is 1. The van der Waals surface area contributed by atoms with Crippen molar-refractivity contribution in [2.75, 3.05) is 36.0 Å². The van der Waals surface area contributed by atoms with Crippen molar-refractivity contribution in [2.24, 2.45) is 0 Å². The van der Waals surface area contributed by atoms with Gasteiger partial charge in [-0.25, -0.2) is 14.4 Å². The van der Waals surface area contributed by atoms with Crippen LogP contribution >= 0.6 is 0 Å². The van der Waals surface area contributed by atoms with Gasteiger partial charge in [0.15, 0.2) is 0 Å². The number of hydrogen-bond acceptors (Lipinski definition) is 5. The monoisotopic (exact) mass is 343 g/mol. The summed E-state index contributed by atoms with van der Waals surface area (Å²) in [7, 11) is 0. The number of aromatic nitrogens is 2. The molecule has 1 N–H and O–H groups in total. The third-order valence-corrected chi connectivity index (χ3v) is 4.09. The lowest BCUT2D eigenvalue weighted by atomic mass is 10.2. The summed E-state index contributed by atoms with van der Waals surface area (Å²) in [5.74, 6) is 0.328. The van der Waals surface area contributed by atoms with Gasteiger partial charge in [0.1, 0.15) is 17.3 Å². The van der Waals surface area contributed by atoms with Gasteiger partial charge in [0, 0.05) is 37.9 Å². The maximum Gasteiger partial charge on any atom is 0.271 e. The highest BCUT2D eigenvalue weighted by Crippen LogP contribution is 2.19. The molecule has 132 valence electrons. The predicted octanol–water partition coefficient (Wildman–Crippen LogP) is 2.08. The largest absolute Gasteiger partial charge is 0.368 e. The highest BCUT2D eigenvalue weighted by Gasteiger charge is 2.19. The van der Waals surface area contributed by atoms with Crippen molar-refractivity contribution < 1.29 is 9.18 Å². The van der Waals surface area contributed by atoms with E-state index in [1.54, 1.807) is 18.3 Å². The van der Waals surface area contributed by atoms with Gasteiger partial charge in [-0.15, -0.1) is 0 Å². The summed E-state index contributed by atoms with van der Waals surface area (Å²) >= 11 is 0. The van der Waals surface area contributed by atoms with E-state index >= 15 is 0 Å². The molecule has 1 saturated heterocycles. The first-order valence-corrected chi connectivity index (χ1v) is 8.41. The van der Waals surface area contributed by atoms with Gasteiger partial charge in [-0.05, 0) is 38.1 Å². The zero-order chi connectivity index (χ0) is 17.8. The topological polar surface area (TPSA) is 61.4 Å². The number of rotatable bonds is 4. The van der Waals surface area contributed by atoms with E-state index in [1.165, 1.54) is 18.3 Å². The number of hydrogen-bond donors (Lipinski definition) is 1. The summed E-state index contributed by atoms with van der Waals surface area (Å²) < 4.78 is 13.0. The molecule has 6 nitrogen and oxygen atoms in total. The van der Waals surface area contributed by atoms with E-state index in [1.807, 2.05) is 13.8 Å². The van der Waals surface area contributed by atoms with Crippen LogP contribution in [0.3, 0.4) is 0 Å². The summed E-state index contributed by atoms with van der Waals surface area (Å²) in [6, 6.07) is 6.62. The van der Waals surface area contributed by atoms with Crippen molar-refractivity contribution in [3.63, 3.8) is 0 Å². The Hall–Kier alpha value is -2.70. The number of nitrogens with zero attached hydrogens (tertiary/aromatic N) is 4. The minimum absolute atomic E-state index is 0.0634. The molecule has 2 heterocycles. The number of carbonyl (C=O) groups is 1. The number of benzene rings is 1. The SMILES string of the molecule is CC(C)NC(=O)c1cnc(N2CCN(c3ccc(F)cc3)CC2)cn1. The van der Waals surface area contributed by atoms with Gasteiger partial charge in [0.05, 0.1) is 12.4 Å². The molecule has 2 aromatic rings. The van der Waals surface area contributed by atoms with Crippen LogP contribution in [0.25, 0.3) is 0 Å². The maximum atomic E-state index is 13.0. The van der Waals surface area contributed by atoms with Gasteiger partial charge in [-0.1, -0.05) is 0 Å². The van der Waals surface area contributed by atoms with Gasteiger partial charge in [0.25, 0.3) is 5.91 Å². The van der Waals surface area contributed by atoms with Crippen LogP contribution in [0.5, 0.6) is 0 Å². The predicted molar refractivity (Wildman–Crippen MR) is 95.5 cm³/mol. The first-order chi connectivity index (χ1) is 12.0. The van der Waals surface area contributed by atoms with Crippen molar-refractivity contribution in [3.05, 3.63) is 48.2 Å². The highest BCUT2D eigenvalue weighted by molar-refractivity contribution is 5.92. The third kappa shape index (κ3) is 4.23. The van der Waals surface area contributed by atoms with Crippen LogP contribution in [0.1, 0.15) is 24.3 Å².